The Morgan fingerprint density at radius 1 is 1.03 bits per heavy atom. The summed E-state index contributed by atoms with van der Waals surface area (Å²) >= 11 is 0. The minimum Gasteiger partial charge on any atom is -0.462 e. The second kappa shape index (κ2) is 7.94. The molecule has 0 atom stereocenters. The van der Waals surface area contributed by atoms with Crippen LogP contribution in [0.4, 0.5) is 0 Å². The topological polar surface area (TPSA) is 82.8 Å². The number of hydrogen-bond acceptors (Lipinski definition) is 6. The van der Waals surface area contributed by atoms with Crippen LogP contribution in [0, 0.1) is 13.8 Å². The van der Waals surface area contributed by atoms with Gasteiger partial charge in [0.1, 0.15) is 12.3 Å². The number of aryl methyl sites for hydroxylation is 2. The van der Waals surface area contributed by atoms with E-state index in [-0.39, 0.29) is 18.9 Å². The molecule has 3 aromatic heterocycles. The van der Waals surface area contributed by atoms with Crippen molar-refractivity contribution in [3.63, 3.8) is 0 Å². The fourth-order valence-corrected chi connectivity index (χ4v) is 3.41. The molecule has 0 radical (unpaired) electrons. The number of nitrogens with zero attached hydrogens (tertiary/aromatic N) is 3. The van der Waals surface area contributed by atoms with E-state index < -0.39 is 11.9 Å². The summed E-state index contributed by atoms with van der Waals surface area (Å²) in [5.41, 5.74) is 4.05. The molecule has 7 heteroatoms. The lowest BCUT2D eigenvalue weighted by Gasteiger charge is -2.13. The van der Waals surface area contributed by atoms with E-state index in [1.165, 1.54) is 0 Å². The van der Waals surface area contributed by atoms with Gasteiger partial charge in [-0.3, -0.25) is 0 Å². The fraction of sp³-hybridized carbons (Fsp3) is 0.217. The molecule has 0 aliphatic rings. The molecule has 30 heavy (non-hydrogen) atoms. The maximum absolute atomic E-state index is 12.6. The Balaban J connectivity index is 1.65. The van der Waals surface area contributed by atoms with Gasteiger partial charge in [-0.1, -0.05) is 18.2 Å². The summed E-state index contributed by atoms with van der Waals surface area (Å²) in [5, 5.41) is 0.853. The van der Waals surface area contributed by atoms with Gasteiger partial charge >= 0.3 is 11.9 Å². The molecule has 0 unspecified atom stereocenters. The third-order valence-electron chi connectivity index (χ3n) is 4.87. The number of aromatic nitrogens is 3. The van der Waals surface area contributed by atoms with Crippen LogP contribution in [0.3, 0.4) is 0 Å². The van der Waals surface area contributed by atoms with Crippen molar-refractivity contribution in [1.82, 2.24) is 14.4 Å². The van der Waals surface area contributed by atoms with E-state index in [0.29, 0.717) is 16.9 Å². The van der Waals surface area contributed by atoms with Crippen LogP contribution >= 0.6 is 0 Å². The zero-order valence-corrected chi connectivity index (χ0v) is 17.0. The summed E-state index contributed by atoms with van der Waals surface area (Å²) in [6.45, 7) is 5.62. The molecule has 0 bridgehead atoms. The van der Waals surface area contributed by atoms with E-state index in [9.17, 15) is 9.59 Å². The Bertz CT molecular complexity index is 1280. The SMILES string of the molecule is CCOC(=O)c1c(COC(=O)c2cn3ccc(C)cc3n2)nc2ccccc2c1C. The molecule has 0 amide bonds. The number of ether oxygens (including phenoxy) is 2. The summed E-state index contributed by atoms with van der Waals surface area (Å²) in [4.78, 5) is 34.0. The first-order valence-corrected chi connectivity index (χ1v) is 9.65. The molecule has 0 aliphatic carbocycles. The first-order valence-electron chi connectivity index (χ1n) is 9.65. The van der Waals surface area contributed by atoms with Gasteiger partial charge in [0.15, 0.2) is 5.69 Å². The molecule has 1 aromatic carbocycles. The molecule has 3 heterocycles. The molecule has 0 N–H and O–H groups in total. The molecule has 4 aromatic rings. The van der Waals surface area contributed by atoms with Crippen molar-refractivity contribution in [2.45, 2.75) is 27.4 Å². The predicted molar refractivity (Wildman–Crippen MR) is 111 cm³/mol. The normalized spacial score (nSPS) is 11.0. The molecular formula is C23H21N3O4. The first-order chi connectivity index (χ1) is 14.5. The number of carbonyl (C=O) groups excluding carboxylic acids is 2. The van der Waals surface area contributed by atoms with Crippen LogP contribution in [0.25, 0.3) is 16.6 Å². The fourth-order valence-electron chi connectivity index (χ4n) is 3.41. The average Bonchev–Trinajstić information content (AvgIpc) is 3.15. The minimum absolute atomic E-state index is 0.161. The van der Waals surface area contributed by atoms with E-state index in [4.69, 9.17) is 9.47 Å². The second-order valence-corrected chi connectivity index (χ2v) is 6.97. The van der Waals surface area contributed by atoms with Gasteiger partial charge in [-0.05, 0) is 50.1 Å². The number of esters is 2. The number of fused-ring (bicyclic) bond motifs is 2. The van der Waals surface area contributed by atoms with Gasteiger partial charge in [-0.15, -0.1) is 0 Å². The van der Waals surface area contributed by atoms with Crippen molar-refractivity contribution < 1.29 is 19.1 Å². The zero-order valence-electron chi connectivity index (χ0n) is 17.0. The smallest absolute Gasteiger partial charge is 0.358 e. The van der Waals surface area contributed by atoms with Crippen molar-refractivity contribution in [2.24, 2.45) is 0 Å². The highest BCUT2D eigenvalue weighted by molar-refractivity contribution is 5.98. The first kappa shape index (κ1) is 19.6. The van der Waals surface area contributed by atoms with Crippen LogP contribution in [-0.4, -0.2) is 32.9 Å². The van der Waals surface area contributed by atoms with Gasteiger partial charge in [-0.2, -0.15) is 0 Å². The molecule has 0 fully saturated rings. The molecule has 152 valence electrons. The Kier molecular flexibility index (Phi) is 5.18. The van der Waals surface area contributed by atoms with Crippen LogP contribution in [0.2, 0.25) is 0 Å². The lowest BCUT2D eigenvalue weighted by atomic mass is 10.0. The van der Waals surface area contributed by atoms with Gasteiger partial charge in [0.25, 0.3) is 0 Å². The molecule has 0 spiro atoms. The number of pyridine rings is 2. The Morgan fingerprint density at radius 2 is 1.83 bits per heavy atom. The molecule has 0 saturated heterocycles. The molecule has 7 nitrogen and oxygen atoms in total. The molecular weight excluding hydrogens is 382 g/mol. The maximum atomic E-state index is 12.6. The quantitative estimate of drug-likeness (QED) is 0.468. The van der Waals surface area contributed by atoms with Crippen molar-refractivity contribution in [3.8, 4) is 0 Å². The van der Waals surface area contributed by atoms with Gasteiger partial charge in [-0.25, -0.2) is 19.6 Å². The summed E-state index contributed by atoms with van der Waals surface area (Å²) in [7, 11) is 0. The molecule has 4 rings (SSSR count). The minimum atomic E-state index is -0.584. The van der Waals surface area contributed by atoms with E-state index in [1.807, 2.05) is 56.4 Å². The molecule has 0 saturated carbocycles. The number of carbonyl (C=O) groups is 2. The summed E-state index contributed by atoms with van der Waals surface area (Å²) in [6, 6.07) is 11.3. The standard InChI is InChI=1S/C23H21N3O4/c1-4-29-23(28)21-15(3)16-7-5-6-8-17(16)24-19(21)13-30-22(27)18-12-26-10-9-14(2)11-20(26)25-18/h5-12H,4,13H2,1-3H3. The number of hydrogen-bond donors (Lipinski definition) is 0. The van der Waals surface area contributed by atoms with Crippen molar-refractivity contribution >= 4 is 28.5 Å². The lowest BCUT2D eigenvalue weighted by Crippen LogP contribution is -2.15. The Hall–Kier alpha value is -3.74. The highest BCUT2D eigenvalue weighted by Crippen LogP contribution is 2.24. The van der Waals surface area contributed by atoms with E-state index in [0.717, 1.165) is 22.0 Å². The second-order valence-electron chi connectivity index (χ2n) is 6.97. The highest BCUT2D eigenvalue weighted by atomic mass is 16.5. The third-order valence-corrected chi connectivity index (χ3v) is 4.87. The average molecular weight is 403 g/mol. The number of para-hydroxylation sites is 1. The van der Waals surface area contributed by atoms with Crippen LogP contribution in [0.15, 0.2) is 48.8 Å². The van der Waals surface area contributed by atoms with Gasteiger partial charge in [0, 0.05) is 17.8 Å². The van der Waals surface area contributed by atoms with E-state index in [1.54, 1.807) is 17.5 Å². The largest absolute Gasteiger partial charge is 0.462 e. The van der Waals surface area contributed by atoms with Crippen LogP contribution in [0.5, 0.6) is 0 Å². The number of rotatable bonds is 5. The highest BCUT2D eigenvalue weighted by Gasteiger charge is 2.22. The number of imidazole rings is 1. The molecule has 0 aliphatic heterocycles. The van der Waals surface area contributed by atoms with Gasteiger partial charge in [0.2, 0.25) is 0 Å². The maximum Gasteiger partial charge on any atom is 0.358 e. The summed E-state index contributed by atoms with van der Waals surface area (Å²) in [5.74, 6) is -1.07. The summed E-state index contributed by atoms with van der Waals surface area (Å²) < 4.78 is 12.4. The van der Waals surface area contributed by atoms with Crippen molar-refractivity contribution in [2.75, 3.05) is 6.61 Å². The van der Waals surface area contributed by atoms with Crippen molar-refractivity contribution in [1.29, 1.82) is 0 Å². The monoisotopic (exact) mass is 403 g/mol. The van der Waals surface area contributed by atoms with E-state index in [2.05, 4.69) is 9.97 Å². The van der Waals surface area contributed by atoms with Crippen LogP contribution in [-0.2, 0) is 16.1 Å². The van der Waals surface area contributed by atoms with Gasteiger partial charge in [0.05, 0.1) is 23.4 Å². The zero-order chi connectivity index (χ0) is 21.3. The van der Waals surface area contributed by atoms with Gasteiger partial charge < -0.3 is 13.9 Å². The van der Waals surface area contributed by atoms with Crippen LogP contribution < -0.4 is 0 Å². The third kappa shape index (κ3) is 3.61. The number of benzene rings is 1. The summed E-state index contributed by atoms with van der Waals surface area (Å²) in [6.07, 6.45) is 3.45. The van der Waals surface area contributed by atoms with Crippen LogP contribution in [0.1, 0.15) is 44.6 Å². The van der Waals surface area contributed by atoms with E-state index >= 15 is 0 Å². The Labute approximate surface area is 173 Å². The lowest BCUT2D eigenvalue weighted by molar-refractivity contribution is 0.0439. The predicted octanol–water partition coefficient (Wildman–Crippen LogP) is 4.03. The van der Waals surface area contributed by atoms with Crippen molar-refractivity contribution in [3.05, 3.63) is 76.9 Å². The Morgan fingerprint density at radius 3 is 2.63 bits per heavy atom.